The number of ketones is 1. The maximum absolute atomic E-state index is 11.2. The van der Waals surface area contributed by atoms with Crippen LogP contribution in [0.1, 0.15) is 13.8 Å². The van der Waals surface area contributed by atoms with Crippen molar-refractivity contribution in [3.63, 3.8) is 0 Å². The molecule has 0 radical (unpaired) electrons. The molecule has 1 fully saturated rings. The van der Waals surface area contributed by atoms with E-state index >= 15 is 0 Å². The van der Waals surface area contributed by atoms with Crippen molar-refractivity contribution in [3.8, 4) is 0 Å². The largest absolute Gasteiger partial charge is 0.465 e. The van der Waals surface area contributed by atoms with E-state index in [9.17, 15) is 9.59 Å². The highest BCUT2D eigenvalue weighted by atomic mass is 16.5. The molecule has 3 heteroatoms. The van der Waals surface area contributed by atoms with Gasteiger partial charge in [0, 0.05) is 0 Å². The van der Waals surface area contributed by atoms with Crippen LogP contribution in [0.5, 0.6) is 0 Å². The normalized spacial score (nSPS) is 32.8. The fraction of sp³-hybridized carbons (Fsp3) is 0.556. The van der Waals surface area contributed by atoms with E-state index in [4.69, 9.17) is 4.74 Å². The molecule has 0 spiro atoms. The topological polar surface area (TPSA) is 43.4 Å². The van der Waals surface area contributed by atoms with Gasteiger partial charge in [0.15, 0.2) is 5.78 Å². The fourth-order valence-corrected chi connectivity index (χ4v) is 1.28. The summed E-state index contributed by atoms with van der Waals surface area (Å²) >= 11 is 0. The van der Waals surface area contributed by atoms with E-state index in [0.717, 1.165) is 0 Å². The summed E-state index contributed by atoms with van der Waals surface area (Å²) in [4.78, 5) is 22.3. The van der Waals surface area contributed by atoms with Crippen LogP contribution in [0.2, 0.25) is 0 Å². The van der Waals surface area contributed by atoms with Gasteiger partial charge in [0.2, 0.25) is 0 Å². The Morgan fingerprint density at radius 2 is 2.42 bits per heavy atom. The third-order valence-electron chi connectivity index (χ3n) is 2.27. The van der Waals surface area contributed by atoms with Gasteiger partial charge in [-0.2, -0.15) is 0 Å². The van der Waals surface area contributed by atoms with Gasteiger partial charge in [0.1, 0.15) is 5.41 Å². The quantitative estimate of drug-likeness (QED) is 0.358. The molecule has 12 heavy (non-hydrogen) atoms. The number of Topliss-reactive ketones (excluding diaryl/α,β-unsaturated/α-hetero) is 1. The summed E-state index contributed by atoms with van der Waals surface area (Å²) in [5, 5.41) is 0. The molecule has 0 aromatic carbocycles. The van der Waals surface area contributed by atoms with Crippen molar-refractivity contribution in [1.82, 2.24) is 0 Å². The summed E-state index contributed by atoms with van der Waals surface area (Å²) in [5.41, 5.74) is -0.933. The number of hydrogen-bond donors (Lipinski definition) is 0. The van der Waals surface area contributed by atoms with Crippen LogP contribution in [-0.4, -0.2) is 18.4 Å². The number of hydrogen-bond acceptors (Lipinski definition) is 3. The number of rotatable bonds is 3. The van der Waals surface area contributed by atoms with Crippen LogP contribution in [0, 0.1) is 11.3 Å². The average Bonchev–Trinajstić information content (AvgIpc) is 2.57. The highest BCUT2D eigenvalue weighted by Gasteiger charge is 2.66. The highest BCUT2D eigenvalue weighted by molar-refractivity contribution is 6.20. The smallest absolute Gasteiger partial charge is 0.320 e. The van der Waals surface area contributed by atoms with E-state index in [-0.39, 0.29) is 11.7 Å². The van der Waals surface area contributed by atoms with Crippen LogP contribution in [0.3, 0.4) is 0 Å². The van der Waals surface area contributed by atoms with Crippen molar-refractivity contribution >= 4 is 11.8 Å². The summed E-state index contributed by atoms with van der Waals surface area (Å²) < 4.78 is 4.76. The Morgan fingerprint density at radius 1 is 1.83 bits per heavy atom. The predicted molar refractivity (Wildman–Crippen MR) is 43.4 cm³/mol. The summed E-state index contributed by atoms with van der Waals surface area (Å²) in [6, 6.07) is 0. The van der Waals surface area contributed by atoms with Gasteiger partial charge in [0.25, 0.3) is 0 Å². The first-order valence-electron chi connectivity index (χ1n) is 3.93. The van der Waals surface area contributed by atoms with Crippen molar-refractivity contribution in [3.05, 3.63) is 12.7 Å². The van der Waals surface area contributed by atoms with Crippen LogP contribution >= 0.6 is 0 Å². The van der Waals surface area contributed by atoms with Gasteiger partial charge in [-0.15, -0.1) is 6.58 Å². The third kappa shape index (κ3) is 0.967. The minimum atomic E-state index is -0.933. The SMILES string of the molecule is C=CC1C(=O)C1(C)C(=O)OCC. The molecule has 0 aromatic heterocycles. The van der Waals surface area contributed by atoms with Crippen molar-refractivity contribution in [1.29, 1.82) is 0 Å². The second-order valence-electron chi connectivity index (χ2n) is 3.00. The Balaban J connectivity index is 2.70. The lowest BCUT2D eigenvalue weighted by atomic mass is 10.1. The van der Waals surface area contributed by atoms with Crippen LogP contribution < -0.4 is 0 Å². The molecular weight excluding hydrogens is 156 g/mol. The Morgan fingerprint density at radius 3 is 2.75 bits per heavy atom. The zero-order chi connectivity index (χ0) is 9.35. The van der Waals surface area contributed by atoms with Gasteiger partial charge in [0.05, 0.1) is 12.5 Å². The number of carbonyl (C=O) groups excluding carboxylic acids is 2. The Bertz CT molecular complexity index is 244. The molecule has 1 rings (SSSR count). The molecule has 0 amide bonds. The minimum absolute atomic E-state index is 0.0871. The first-order valence-corrected chi connectivity index (χ1v) is 3.93. The van der Waals surface area contributed by atoms with E-state index in [2.05, 4.69) is 6.58 Å². The van der Waals surface area contributed by atoms with Crippen molar-refractivity contribution in [2.45, 2.75) is 13.8 Å². The van der Waals surface area contributed by atoms with E-state index in [1.54, 1.807) is 13.8 Å². The van der Waals surface area contributed by atoms with E-state index in [1.165, 1.54) is 6.08 Å². The second-order valence-corrected chi connectivity index (χ2v) is 3.00. The zero-order valence-corrected chi connectivity index (χ0v) is 7.29. The van der Waals surface area contributed by atoms with Crippen LogP contribution in [0.15, 0.2) is 12.7 Å². The maximum atomic E-state index is 11.2. The number of esters is 1. The van der Waals surface area contributed by atoms with Gasteiger partial charge < -0.3 is 4.74 Å². The number of allylic oxidation sites excluding steroid dienone is 1. The lowest BCUT2D eigenvalue weighted by Gasteiger charge is -2.05. The molecule has 1 saturated carbocycles. The predicted octanol–water partition coefficient (Wildman–Crippen LogP) is 0.941. The summed E-state index contributed by atoms with van der Waals surface area (Å²) in [6.07, 6.45) is 1.50. The summed E-state index contributed by atoms with van der Waals surface area (Å²) in [7, 11) is 0. The Hall–Kier alpha value is -1.12. The van der Waals surface area contributed by atoms with Crippen molar-refractivity contribution in [2.24, 2.45) is 11.3 Å². The van der Waals surface area contributed by atoms with Crippen molar-refractivity contribution < 1.29 is 14.3 Å². The molecule has 0 aromatic rings. The van der Waals surface area contributed by atoms with Gasteiger partial charge in [-0.25, -0.2) is 0 Å². The fourth-order valence-electron chi connectivity index (χ4n) is 1.28. The molecular formula is C9H12O3. The summed E-state index contributed by atoms with van der Waals surface area (Å²) in [6.45, 7) is 7.11. The monoisotopic (exact) mass is 168 g/mol. The van der Waals surface area contributed by atoms with E-state index in [0.29, 0.717) is 6.61 Å². The molecule has 2 atom stereocenters. The Labute approximate surface area is 71.4 Å². The molecule has 3 nitrogen and oxygen atoms in total. The number of ether oxygens (including phenoxy) is 1. The zero-order valence-electron chi connectivity index (χ0n) is 7.29. The van der Waals surface area contributed by atoms with Gasteiger partial charge in [-0.1, -0.05) is 6.08 Å². The molecule has 2 unspecified atom stereocenters. The lowest BCUT2D eigenvalue weighted by molar-refractivity contribution is -0.150. The second kappa shape index (κ2) is 2.73. The van der Waals surface area contributed by atoms with Gasteiger partial charge >= 0.3 is 5.97 Å². The molecule has 0 N–H and O–H groups in total. The maximum Gasteiger partial charge on any atom is 0.320 e. The van der Waals surface area contributed by atoms with Gasteiger partial charge in [-0.3, -0.25) is 9.59 Å². The molecule has 1 aliphatic carbocycles. The average molecular weight is 168 g/mol. The van der Waals surface area contributed by atoms with E-state index < -0.39 is 11.4 Å². The summed E-state index contributed by atoms with van der Waals surface area (Å²) in [5.74, 6) is -0.854. The molecule has 0 aliphatic heterocycles. The van der Waals surface area contributed by atoms with E-state index in [1.807, 2.05) is 0 Å². The van der Waals surface area contributed by atoms with Crippen LogP contribution in [0.4, 0.5) is 0 Å². The third-order valence-corrected chi connectivity index (χ3v) is 2.27. The Kier molecular flexibility index (Phi) is 2.04. The van der Waals surface area contributed by atoms with Crippen LogP contribution in [0.25, 0.3) is 0 Å². The number of carbonyl (C=O) groups is 2. The molecule has 66 valence electrons. The van der Waals surface area contributed by atoms with Gasteiger partial charge in [-0.05, 0) is 13.8 Å². The minimum Gasteiger partial charge on any atom is -0.465 e. The van der Waals surface area contributed by atoms with Crippen LogP contribution in [-0.2, 0) is 14.3 Å². The first kappa shape index (κ1) is 8.97. The van der Waals surface area contributed by atoms with Crippen molar-refractivity contribution in [2.75, 3.05) is 6.61 Å². The highest BCUT2D eigenvalue weighted by Crippen LogP contribution is 2.49. The molecule has 0 bridgehead atoms. The molecule has 0 heterocycles. The standard InChI is InChI=1S/C9H12O3/c1-4-6-7(10)9(6,3)8(11)12-5-2/h4,6H,1,5H2,2-3H3. The molecule has 1 aliphatic rings. The lowest BCUT2D eigenvalue weighted by Crippen LogP contribution is -2.19. The first-order chi connectivity index (χ1) is 5.58. The molecule has 0 saturated heterocycles.